The van der Waals surface area contributed by atoms with Gasteiger partial charge in [0.1, 0.15) is 22.9 Å². The molecule has 0 aliphatic heterocycles. The molecule has 29 heavy (non-hydrogen) atoms. The highest BCUT2D eigenvalue weighted by Crippen LogP contribution is 2.40. The van der Waals surface area contributed by atoms with Crippen molar-refractivity contribution in [3.8, 4) is 11.4 Å². The van der Waals surface area contributed by atoms with E-state index >= 15 is 0 Å². The Morgan fingerprint density at radius 2 is 1.76 bits per heavy atom. The molecule has 8 heteroatoms. The fraction of sp³-hybridized carbons (Fsp3) is 0.190. The van der Waals surface area contributed by atoms with E-state index in [1.807, 2.05) is 12.1 Å². The van der Waals surface area contributed by atoms with Gasteiger partial charge in [-0.15, -0.1) is 0 Å². The Morgan fingerprint density at radius 3 is 2.48 bits per heavy atom. The molecular formula is C21H16F3N5. The maximum absolute atomic E-state index is 13.6. The first-order valence-electron chi connectivity index (χ1n) is 9.23. The molecule has 0 bridgehead atoms. The highest BCUT2D eigenvalue weighted by Gasteiger charge is 2.38. The van der Waals surface area contributed by atoms with Gasteiger partial charge in [0.2, 0.25) is 0 Å². The lowest BCUT2D eigenvalue weighted by Crippen LogP contribution is -2.09. The summed E-state index contributed by atoms with van der Waals surface area (Å²) in [5.74, 6) is 1.02. The summed E-state index contributed by atoms with van der Waals surface area (Å²) in [7, 11) is 0. The molecule has 1 aromatic carbocycles. The molecule has 0 saturated heterocycles. The monoisotopic (exact) mass is 395 g/mol. The van der Waals surface area contributed by atoms with E-state index < -0.39 is 11.9 Å². The first-order valence-corrected chi connectivity index (χ1v) is 9.23. The number of halogens is 3. The van der Waals surface area contributed by atoms with E-state index in [4.69, 9.17) is 0 Å². The maximum Gasteiger partial charge on any atom is 0.435 e. The van der Waals surface area contributed by atoms with Crippen molar-refractivity contribution >= 4 is 17.2 Å². The van der Waals surface area contributed by atoms with Crippen LogP contribution in [0.25, 0.3) is 17.0 Å². The number of benzene rings is 1. The standard InChI is InChI=1S/C21H16F3N5/c22-21(23,24)20-19(29-10-2-1-3-18(29)28-20)16-11-25-12-17(27-16)26-15-8-6-14(7-9-15)13-4-5-13/h1-3,6-13H,4-5H2,(H,26,27). The molecule has 0 amide bonds. The Morgan fingerprint density at radius 1 is 0.966 bits per heavy atom. The lowest BCUT2D eigenvalue weighted by molar-refractivity contribution is -0.140. The quantitative estimate of drug-likeness (QED) is 0.501. The molecule has 5 nitrogen and oxygen atoms in total. The van der Waals surface area contributed by atoms with Crippen molar-refractivity contribution in [1.29, 1.82) is 0 Å². The summed E-state index contributed by atoms with van der Waals surface area (Å²) < 4.78 is 42.1. The third-order valence-corrected chi connectivity index (χ3v) is 4.91. The molecule has 0 radical (unpaired) electrons. The van der Waals surface area contributed by atoms with E-state index in [-0.39, 0.29) is 17.0 Å². The normalized spacial score (nSPS) is 14.3. The SMILES string of the molecule is FC(F)(F)c1nc2ccccn2c1-c1cncc(Nc2ccc(C3CC3)cc2)n1. The van der Waals surface area contributed by atoms with Gasteiger partial charge in [-0.05, 0) is 48.6 Å². The Hall–Kier alpha value is -3.42. The molecule has 5 rings (SSSR count). The average molecular weight is 395 g/mol. The average Bonchev–Trinajstić information content (AvgIpc) is 3.47. The van der Waals surface area contributed by atoms with Crippen molar-refractivity contribution in [3.05, 3.63) is 72.3 Å². The van der Waals surface area contributed by atoms with Crippen LogP contribution in [0.1, 0.15) is 30.0 Å². The van der Waals surface area contributed by atoms with Crippen LogP contribution in [-0.2, 0) is 6.18 Å². The minimum atomic E-state index is -4.61. The van der Waals surface area contributed by atoms with Gasteiger partial charge in [0.15, 0.2) is 5.69 Å². The minimum absolute atomic E-state index is 0.0932. The number of pyridine rings is 1. The zero-order chi connectivity index (χ0) is 20.0. The number of nitrogens with one attached hydrogen (secondary N) is 1. The molecule has 0 atom stereocenters. The molecular weight excluding hydrogens is 379 g/mol. The van der Waals surface area contributed by atoms with Crippen LogP contribution in [-0.4, -0.2) is 19.4 Å². The molecule has 0 unspecified atom stereocenters. The predicted molar refractivity (Wildman–Crippen MR) is 103 cm³/mol. The number of hydrogen-bond acceptors (Lipinski definition) is 4. The van der Waals surface area contributed by atoms with Gasteiger partial charge in [-0.3, -0.25) is 9.38 Å². The summed E-state index contributed by atoms with van der Waals surface area (Å²) in [5, 5.41) is 3.11. The van der Waals surface area contributed by atoms with E-state index in [0.29, 0.717) is 11.7 Å². The van der Waals surface area contributed by atoms with Crippen molar-refractivity contribution < 1.29 is 13.2 Å². The molecule has 1 fully saturated rings. The molecule has 3 heterocycles. The summed E-state index contributed by atoms with van der Waals surface area (Å²) >= 11 is 0. The van der Waals surface area contributed by atoms with Gasteiger partial charge < -0.3 is 5.32 Å². The summed E-state index contributed by atoms with van der Waals surface area (Å²) in [6, 6.07) is 12.8. The molecule has 3 aromatic heterocycles. The number of imidazole rings is 1. The van der Waals surface area contributed by atoms with Gasteiger partial charge in [0.05, 0.1) is 12.4 Å². The van der Waals surface area contributed by atoms with E-state index in [2.05, 4.69) is 32.4 Å². The lowest BCUT2D eigenvalue weighted by atomic mass is 10.1. The van der Waals surface area contributed by atoms with E-state index in [1.54, 1.807) is 12.1 Å². The third-order valence-electron chi connectivity index (χ3n) is 4.91. The third kappa shape index (κ3) is 3.41. The molecule has 1 aliphatic carbocycles. The Balaban J connectivity index is 1.53. The highest BCUT2D eigenvalue weighted by molar-refractivity contribution is 5.66. The van der Waals surface area contributed by atoms with Crippen LogP contribution in [0.2, 0.25) is 0 Å². The van der Waals surface area contributed by atoms with Gasteiger partial charge in [0.25, 0.3) is 0 Å². The van der Waals surface area contributed by atoms with Crippen molar-refractivity contribution in [3.63, 3.8) is 0 Å². The maximum atomic E-state index is 13.6. The van der Waals surface area contributed by atoms with Gasteiger partial charge in [0, 0.05) is 11.9 Å². The topological polar surface area (TPSA) is 55.1 Å². The van der Waals surface area contributed by atoms with Crippen molar-refractivity contribution in [2.45, 2.75) is 24.9 Å². The van der Waals surface area contributed by atoms with E-state index in [9.17, 15) is 13.2 Å². The van der Waals surface area contributed by atoms with Crippen molar-refractivity contribution in [2.24, 2.45) is 0 Å². The Bertz CT molecular complexity index is 1180. The second-order valence-electron chi connectivity index (χ2n) is 7.05. The van der Waals surface area contributed by atoms with Crippen molar-refractivity contribution in [2.75, 3.05) is 5.32 Å². The van der Waals surface area contributed by atoms with Crippen LogP contribution in [0.5, 0.6) is 0 Å². The largest absolute Gasteiger partial charge is 0.435 e. The van der Waals surface area contributed by atoms with E-state index in [0.717, 1.165) is 5.69 Å². The van der Waals surface area contributed by atoms with Gasteiger partial charge >= 0.3 is 6.18 Å². The highest BCUT2D eigenvalue weighted by atomic mass is 19.4. The number of fused-ring (bicyclic) bond motifs is 1. The van der Waals surface area contributed by atoms with E-state index in [1.165, 1.54) is 47.5 Å². The van der Waals surface area contributed by atoms with Crippen LogP contribution >= 0.6 is 0 Å². The molecule has 4 aromatic rings. The number of nitrogens with zero attached hydrogens (tertiary/aromatic N) is 4. The Labute approximate surface area is 164 Å². The van der Waals surface area contributed by atoms with Gasteiger partial charge in [-0.1, -0.05) is 18.2 Å². The predicted octanol–water partition coefficient (Wildman–Crippen LogP) is 5.43. The fourth-order valence-electron chi connectivity index (χ4n) is 3.38. The minimum Gasteiger partial charge on any atom is -0.339 e. The number of rotatable bonds is 4. The second-order valence-corrected chi connectivity index (χ2v) is 7.05. The van der Waals surface area contributed by atoms with Crippen LogP contribution in [0.3, 0.4) is 0 Å². The first-order chi connectivity index (χ1) is 14.0. The summed E-state index contributed by atoms with van der Waals surface area (Å²) in [6.07, 6.45) is 2.17. The Kier molecular flexibility index (Phi) is 4.01. The molecule has 1 aliphatic rings. The second kappa shape index (κ2) is 6.58. The zero-order valence-electron chi connectivity index (χ0n) is 15.2. The number of alkyl halides is 3. The zero-order valence-corrected chi connectivity index (χ0v) is 15.2. The van der Waals surface area contributed by atoms with Crippen LogP contribution in [0, 0.1) is 0 Å². The van der Waals surface area contributed by atoms with Crippen LogP contribution in [0.15, 0.2) is 61.1 Å². The number of aromatic nitrogens is 4. The van der Waals surface area contributed by atoms with Gasteiger partial charge in [-0.2, -0.15) is 13.2 Å². The summed E-state index contributed by atoms with van der Waals surface area (Å²) in [6.45, 7) is 0. The smallest absolute Gasteiger partial charge is 0.339 e. The lowest BCUT2D eigenvalue weighted by Gasteiger charge is -2.10. The molecule has 146 valence electrons. The van der Waals surface area contributed by atoms with Crippen LogP contribution in [0.4, 0.5) is 24.7 Å². The van der Waals surface area contributed by atoms with Gasteiger partial charge in [-0.25, -0.2) is 9.97 Å². The fourth-order valence-corrected chi connectivity index (χ4v) is 3.38. The number of hydrogen-bond donors (Lipinski definition) is 1. The first kappa shape index (κ1) is 17.7. The van der Waals surface area contributed by atoms with Crippen molar-refractivity contribution in [1.82, 2.24) is 19.4 Å². The summed E-state index contributed by atoms with van der Waals surface area (Å²) in [5.41, 5.74) is 1.28. The number of anilines is 2. The molecule has 1 N–H and O–H groups in total. The molecule has 0 spiro atoms. The van der Waals surface area contributed by atoms with Crippen LogP contribution < -0.4 is 5.32 Å². The summed E-state index contributed by atoms with van der Waals surface area (Å²) in [4.78, 5) is 12.2. The molecule has 1 saturated carbocycles.